The van der Waals surface area contributed by atoms with Gasteiger partial charge in [-0.3, -0.25) is 9.71 Å². The third kappa shape index (κ3) is 4.68. The standard InChI is InChI=1S/C28H24N2O6S/c1-33-24-12-13-28(21-7-5-4-6-20(21)24)37(31,32)30-18-8-10-19(11-9-18)36-25-14-15-29-23-17-27(35-3)26(34-2)16-22(23)25/h4-17,30H,1-3H3. The van der Waals surface area contributed by atoms with E-state index in [0.29, 0.717) is 45.3 Å². The van der Waals surface area contributed by atoms with Crippen LogP contribution in [0, 0.1) is 0 Å². The highest BCUT2D eigenvalue weighted by Gasteiger charge is 2.19. The number of sulfonamides is 1. The molecule has 0 amide bonds. The molecule has 0 saturated heterocycles. The fraction of sp³-hybridized carbons (Fsp3) is 0.107. The summed E-state index contributed by atoms with van der Waals surface area (Å²) in [4.78, 5) is 4.55. The number of anilines is 1. The van der Waals surface area contributed by atoms with Crippen LogP contribution in [-0.2, 0) is 10.0 Å². The molecule has 0 unspecified atom stereocenters. The van der Waals surface area contributed by atoms with Crippen LogP contribution in [0.4, 0.5) is 5.69 Å². The van der Waals surface area contributed by atoms with Gasteiger partial charge < -0.3 is 18.9 Å². The number of aromatic nitrogens is 1. The van der Waals surface area contributed by atoms with Gasteiger partial charge in [0.2, 0.25) is 0 Å². The molecular formula is C28H24N2O6S. The van der Waals surface area contributed by atoms with E-state index < -0.39 is 10.0 Å². The zero-order chi connectivity index (χ0) is 26.0. The number of rotatable bonds is 8. The molecule has 1 aromatic heterocycles. The average molecular weight is 517 g/mol. The van der Waals surface area contributed by atoms with Crippen molar-refractivity contribution in [3.05, 3.63) is 85.1 Å². The number of ether oxygens (including phenoxy) is 4. The van der Waals surface area contributed by atoms with Crippen LogP contribution in [0.15, 0.2) is 90.0 Å². The predicted octanol–water partition coefficient (Wildman–Crippen LogP) is 6.01. The van der Waals surface area contributed by atoms with Crippen LogP contribution in [0.2, 0.25) is 0 Å². The van der Waals surface area contributed by atoms with Gasteiger partial charge >= 0.3 is 0 Å². The molecule has 1 N–H and O–H groups in total. The van der Waals surface area contributed by atoms with Gasteiger partial charge in [0.1, 0.15) is 17.2 Å². The quantitative estimate of drug-likeness (QED) is 0.270. The van der Waals surface area contributed by atoms with E-state index in [9.17, 15) is 8.42 Å². The maximum absolute atomic E-state index is 13.2. The minimum Gasteiger partial charge on any atom is -0.496 e. The second kappa shape index (κ2) is 9.87. The van der Waals surface area contributed by atoms with Crippen molar-refractivity contribution in [2.45, 2.75) is 4.90 Å². The van der Waals surface area contributed by atoms with E-state index in [-0.39, 0.29) is 4.90 Å². The Kier molecular flexibility index (Phi) is 6.45. The summed E-state index contributed by atoms with van der Waals surface area (Å²) in [6.45, 7) is 0. The number of methoxy groups -OCH3 is 3. The molecule has 0 aliphatic heterocycles. The zero-order valence-corrected chi connectivity index (χ0v) is 21.2. The van der Waals surface area contributed by atoms with Gasteiger partial charge in [0.25, 0.3) is 10.0 Å². The van der Waals surface area contributed by atoms with Gasteiger partial charge in [0, 0.05) is 34.1 Å². The summed E-state index contributed by atoms with van der Waals surface area (Å²) in [6.07, 6.45) is 1.64. The molecule has 5 aromatic rings. The lowest BCUT2D eigenvalue weighted by atomic mass is 10.1. The Labute approximate surface area is 214 Å². The van der Waals surface area contributed by atoms with Crippen molar-refractivity contribution in [3.63, 3.8) is 0 Å². The Morgan fingerprint density at radius 1 is 0.676 bits per heavy atom. The van der Waals surface area contributed by atoms with Crippen molar-refractivity contribution in [2.24, 2.45) is 0 Å². The summed E-state index contributed by atoms with van der Waals surface area (Å²) >= 11 is 0. The van der Waals surface area contributed by atoms with Gasteiger partial charge in [-0.15, -0.1) is 0 Å². The molecule has 9 heteroatoms. The first-order valence-corrected chi connectivity index (χ1v) is 12.8. The molecule has 5 rings (SSSR count). The first-order chi connectivity index (χ1) is 17.9. The van der Waals surface area contributed by atoms with Gasteiger partial charge in [-0.25, -0.2) is 8.42 Å². The van der Waals surface area contributed by atoms with Crippen molar-refractivity contribution in [2.75, 3.05) is 26.1 Å². The maximum Gasteiger partial charge on any atom is 0.262 e. The van der Waals surface area contributed by atoms with Crippen LogP contribution in [-0.4, -0.2) is 34.7 Å². The second-order valence-electron chi connectivity index (χ2n) is 8.08. The van der Waals surface area contributed by atoms with Crippen molar-refractivity contribution in [1.29, 1.82) is 0 Å². The molecule has 0 aliphatic rings. The lowest BCUT2D eigenvalue weighted by Crippen LogP contribution is -2.13. The topological polar surface area (TPSA) is 96.0 Å². The molecule has 188 valence electrons. The summed E-state index contributed by atoms with van der Waals surface area (Å²) in [5.74, 6) is 2.84. The van der Waals surface area contributed by atoms with Gasteiger partial charge in [-0.05, 0) is 48.5 Å². The van der Waals surface area contributed by atoms with Crippen molar-refractivity contribution >= 4 is 37.4 Å². The average Bonchev–Trinajstić information content (AvgIpc) is 2.92. The molecule has 0 fully saturated rings. The van der Waals surface area contributed by atoms with Gasteiger partial charge in [-0.1, -0.05) is 24.3 Å². The molecule has 4 aromatic carbocycles. The minimum atomic E-state index is -3.86. The van der Waals surface area contributed by atoms with E-state index in [0.717, 1.165) is 10.8 Å². The molecule has 0 atom stereocenters. The number of benzene rings is 4. The first-order valence-electron chi connectivity index (χ1n) is 11.3. The third-order valence-corrected chi connectivity index (χ3v) is 7.33. The molecule has 0 spiro atoms. The van der Waals surface area contributed by atoms with Gasteiger partial charge in [0.05, 0.1) is 31.7 Å². The van der Waals surface area contributed by atoms with Crippen LogP contribution in [0.1, 0.15) is 0 Å². The van der Waals surface area contributed by atoms with E-state index in [1.807, 2.05) is 12.1 Å². The molecule has 0 radical (unpaired) electrons. The number of nitrogens with one attached hydrogen (secondary N) is 1. The predicted molar refractivity (Wildman–Crippen MR) is 143 cm³/mol. The highest BCUT2D eigenvalue weighted by atomic mass is 32.2. The molecule has 8 nitrogen and oxygen atoms in total. The Morgan fingerprint density at radius 2 is 1.35 bits per heavy atom. The van der Waals surface area contributed by atoms with Crippen LogP contribution >= 0.6 is 0 Å². The SMILES string of the molecule is COc1cc2nccc(Oc3ccc(NS(=O)(=O)c4ccc(OC)c5ccccc45)cc3)c2cc1OC. The van der Waals surface area contributed by atoms with E-state index in [1.54, 1.807) is 94.3 Å². The fourth-order valence-corrected chi connectivity index (χ4v) is 5.39. The van der Waals surface area contributed by atoms with E-state index in [2.05, 4.69) is 9.71 Å². The van der Waals surface area contributed by atoms with Gasteiger partial charge in [0.15, 0.2) is 11.5 Å². The van der Waals surface area contributed by atoms with Crippen molar-refractivity contribution in [1.82, 2.24) is 4.98 Å². The Hall–Kier alpha value is -4.50. The maximum atomic E-state index is 13.2. The van der Waals surface area contributed by atoms with E-state index >= 15 is 0 Å². The number of hydrogen-bond acceptors (Lipinski definition) is 7. The lowest BCUT2D eigenvalue weighted by molar-refractivity contribution is 0.355. The molecule has 0 bridgehead atoms. The summed E-state index contributed by atoms with van der Waals surface area (Å²) in [5, 5.41) is 2.04. The third-order valence-electron chi connectivity index (χ3n) is 5.89. The Bertz CT molecular complexity index is 1700. The van der Waals surface area contributed by atoms with Crippen LogP contribution < -0.4 is 23.7 Å². The first kappa shape index (κ1) is 24.2. The Morgan fingerprint density at radius 3 is 2.05 bits per heavy atom. The highest BCUT2D eigenvalue weighted by Crippen LogP contribution is 2.37. The number of hydrogen-bond donors (Lipinski definition) is 1. The molecule has 37 heavy (non-hydrogen) atoms. The Balaban J connectivity index is 1.41. The van der Waals surface area contributed by atoms with Gasteiger partial charge in [-0.2, -0.15) is 0 Å². The fourth-order valence-electron chi connectivity index (χ4n) is 4.12. The number of pyridine rings is 1. The molecular weight excluding hydrogens is 492 g/mol. The van der Waals surface area contributed by atoms with Crippen LogP contribution in [0.3, 0.4) is 0 Å². The summed E-state index contributed by atoms with van der Waals surface area (Å²) in [5.41, 5.74) is 1.09. The lowest BCUT2D eigenvalue weighted by Gasteiger charge is -2.14. The summed E-state index contributed by atoms with van der Waals surface area (Å²) in [6, 6.07) is 22.4. The number of fused-ring (bicyclic) bond motifs is 2. The molecule has 0 aliphatic carbocycles. The summed E-state index contributed by atoms with van der Waals surface area (Å²) in [7, 11) is 0.826. The second-order valence-corrected chi connectivity index (χ2v) is 9.73. The smallest absolute Gasteiger partial charge is 0.262 e. The number of nitrogens with zero attached hydrogens (tertiary/aromatic N) is 1. The molecule has 0 saturated carbocycles. The van der Waals surface area contributed by atoms with Crippen molar-refractivity contribution in [3.8, 4) is 28.7 Å². The molecule has 1 heterocycles. The van der Waals surface area contributed by atoms with E-state index in [1.165, 1.54) is 0 Å². The highest BCUT2D eigenvalue weighted by molar-refractivity contribution is 7.93. The van der Waals surface area contributed by atoms with Crippen LogP contribution in [0.5, 0.6) is 28.7 Å². The summed E-state index contributed by atoms with van der Waals surface area (Å²) < 4.78 is 51.4. The van der Waals surface area contributed by atoms with E-state index in [4.69, 9.17) is 18.9 Å². The van der Waals surface area contributed by atoms with Crippen LogP contribution in [0.25, 0.3) is 21.7 Å². The zero-order valence-electron chi connectivity index (χ0n) is 20.4. The van der Waals surface area contributed by atoms with Crippen molar-refractivity contribution < 1.29 is 27.4 Å². The minimum absolute atomic E-state index is 0.164. The normalized spacial score (nSPS) is 11.3. The largest absolute Gasteiger partial charge is 0.496 e. The monoisotopic (exact) mass is 516 g/mol.